The van der Waals surface area contributed by atoms with E-state index in [2.05, 4.69) is 21.2 Å². The monoisotopic (exact) mass is 647 g/mol. The van der Waals surface area contributed by atoms with Crippen LogP contribution in [0, 0.1) is 6.92 Å². The summed E-state index contributed by atoms with van der Waals surface area (Å²) in [5, 5.41) is 3.37. The SMILES string of the molecule is CCCCNC(=O)[C@H](Cc1ccccc1)N(Cc1cccc(Br)c1)C(=O)CN(c1cccc(Cl)c1C)S(C)(=O)=O. The Morgan fingerprint density at radius 3 is 2.33 bits per heavy atom. The van der Waals surface area contributed by atoms with Crippen molar-refractivity contribution in [1.82, 2.24) is 10.2 Å². The molecular formula is C30H35BrClN3O4S. The number of hydrogen-bond acceptors (Lipinski definition) is 4. The molecule has 0 saturated carbocycles. The fourth-order valence-corrected chi connectivity index (χ4v) is 5.87. The van der Waals surface area contributed by atoms with Crippen molar-refractivity contribution < 1.29 is 18.0 Å². The molecule has 7 nitrogen and oxygen atoms in total. The molecule has 1 N–H and O–H groups in total. The summed E-state index contributed by atoms with van der Waals surface area (Å²) in [6.45, 7) is 3.86. The van der Waals surface area contributed by atoms with Crippen molar-refractivity contribution in [2.75, 3.05) is 23.7 Å². The maximum atomic E-state index is 14.1. The van der Waals surface area contributed by atoms with Gasteiger partial charge in [0.15, 0.2) is 0 Å². The zero-order valence-electron chi connectivity index (χ0n) is 22.9. The number of nitrogens with one attached hydrogen (secondary N) is 1. The molecule has 2 amide bonds. The lowest BCUT2D eigenvalue weighted by molar-refractivity contribution is -0.140. The first kappa shape index (κ1) is 31.6. The smallest absolute Gasteiger partial charge is 0.244 e. The molecule has 0 saturated heterocycles. The van der Waals surface area contributed by atoms with Crippen LogP contribution in [0.25, 0.3) is 0 Å². The molecule has 0 aromatic heterocycles. The fourth-order valence-electron chi connectivity index (χ4n) is 4.35. The second-order valence-corrected chi connectivity index (χ2v) is 12.9. The van der Waals surface area contributed by atoms with Gasteiger partial charge in [-0.3, -0.25) is 13.9 Å². The van der Waals surface area contributed by atoms with Crippen LogP contribution in [0.2, 0.25) is 5.02 Å². The number of hydrogen-bond donors (Lipinski definition) is 1. The number of carbonyl (C=O) groups is 2. The minimum Gasteiger partial charge on any atom is -0.354 e. The Hall–Kier alpha value is -2.88. The topological polar surface area (TPSA) is 86.8 Å². The lowest BCUT2D eigenvalue weighted by atomic mass is 10.0. The van der Waals surface area contributed by atoms with E-state index in [1.807, 2.05) is 61.5 Å². The molecule has 0 fully saturated rings. The van der Waals surface area contributed by atoms with Gasteiger partial charge in [-0.25, -0.2) is 8.42 Å². The van der Waals surface area contributed by atoms with E-state index in [1.165, 1.54) is 4.90 Å². The Morgan fingerprint density at radius 1 is 1.00 bits per heavy atom. The van der Waals surface area contributed by atoms with E-state index >= 15 is 0 Å². The predicted octanol–water partition coefficient (Wildman–Crippen LogP) is 5.73. The van der Waals surface area contributed by atoms with E-state index < -0.39 is 28.5 Å². The number of sulfonamides is 1. The van der Waals surface area contributed by atoms with Gasteiger partial charge in [-0.15, -0.1) is 0 Å². The van der Waals surface area contributed by atoms with E-state index in [1.54, 1.807) is 25.1 Å². The highest BCUT2D eigenvalue weighted by molar-refractivity contribution is 9.10. The maximum absolute atomic E-state index is 14.1. The van der Waals surface area contributed by atoms with E-state index in [0.717, 1.165) is 39.0 Å². The summed E-state index contributed by atoms with van der Waals surface area (Å²) in [7, 11) is -3.87. The van der Waals surface area contributed by atoms with Crippen LogP contribution in [0.4, 0.5) is 5.69 Å². The lowest BCUT2D eigenvalue weighted by Crippen LogP contribution is -2.53. The van der Waals surface area contributed by atoms with Crippen LogP contribution in [0.1, 0.15) is 36.5 Å². The number of carbonyl (C=O) groups excluding carboxylic acids is 2. The highest BCUT2D eigenvalue weighted by atomic mass is 79.9. The van der Waals surface area contributed by atoms with Gasteiger partial charge in [-0.2, -0.15) is 0 Å². The Kier molecular flexibility index (Phi) is 11.6. The third-order valence-corrected chi connectivity index (χ3v) is 8.56. The van der Waals surface area contributed by atoms with Crippen molar-refractivity contribution in [2.45, 2.75) is 45.7 Å². The third-order valence-electron chi connectivity index (χ3n) is 6.53. The van der Waals surface area contributed by atoms with Crippen molar-refractivity contribution in [3.63, 3.8) is 0 Å². The van der Waals surface area contributed by atoms with Crippen molar-refractivity contribution >= 4 is 55.1 Å². The van der Waals surface area contributed by atoms with Gasteiger partial charge in [0.2, 0.25) is 21.8 Å². The minimum absolute atomic E-state index is 0.114. The Bertz CT molecular complexity index is 1420. The van der Waals surface area contributed by atoms with Crippen LogP contribution in [0.5, 0.6) is 0 Å². The van der Waals surface area contributed by atoms with Crippen molar-refractivity contribution in [1.29, 1.82) is 0 Å². The molecule has 0 aliphatic heterocycles. The summed E-state index contributed by atoms with van der Waals surface area (Å²) in [5.74, 6) is -0.790. The van der Waals surface area contributed by atoms with Crippen molar-refractivity contribution in [3.8, 4) is 0 Å². The number of unbranched alkanes of at least 4 members (excludes halogenated alkanes) is 1. The molecular weight excluding hydrogens is 614 g/mol. The van der Waals surface area contributed by atoms with Crippen LogP contribution in [-0.2, 0) is 32.6 Å². The molecule has 3 rings (SSSR count). The highest BCUT2D eigenvalue weighted by Gasteiger charge is 2.33. The number of anilines is 1. The van der Waals surface area contributed by atoms with Gasteiger partial charge in [0.1, 0.15) is 12.6 Å². The standard InChI is InChI=1S/C30H35BrClN3O4S/c1-4-5-17-33-30(37)28(19-23-11-7-6-8-12-23)34(20-24-13-9-14-25(31)18-24)29(36)21-35(40(3,38)39)27-16-10-15-26(32)22(27)2/h6-16,18,28H,4-5,17,19-21H2,1-3H3,(H,33,37)/t28-/m0/s1. The average molecular weight is 649 g/mol. The summed E-state index contributed by atoms with van der Waals surface area (Å²) in [5.41, 5.74) is 2.54. The third kappa shape index (κ3) is 8.81. The molecule has 40 heavy (non-hydrogen) atoms. The Labute approximate surface area is 250 Å². The normalized spacial score (nSPS) is 12.0. The summed E-state index contributed by atoms with van der Waals surface area (Å²) < 4.78 is 27.8. The van der Waals surface area contributed by atoms with Crippen LogP contribution in [-0.4, -0.2) is 50.5 Å². The molecule has 0 bridgehead atoms. The van der Waals surface area contributed by atoms with Gasteiger partial charge >= 0.3 is 0 Å². The van der Waals surface area contributed by atoms with Crippen LogP contribution in [0.15, 0.2) is 77.3 Å². The first-order valence-electron chi connectivity index (χ1n) is 13.1. The van der Waals surface area contributed by atoms with Crippen molar-refractivity contribution in [2.24, 2.45) is 0 Å². The zero-order valence-corrected chi connectivity index (χ0v) is 26.1. The summed E-state index contributed by atoms with van der Waals surface area (Å²) >= 11 is 9.78. The first-order chi connectivity index (χ1) is 19.0. The summed E-state index contributed by atoms with van der Waals surface area (Å²) in [4.78, 5) is 29.2. The average Bonchev–Trinajstić information content (AvgIpc) is 2.91. The lowest BCUT2D eigenvalue weighted by Gasteiger charge is -2.34. The van der Waals surface area contributed by atoms with Gasteiger partial charge in [0, 0.05) is 29.0 Å². The Morgan fingerprint density at radius 2 is 1.68 bits per heavy atom. The highest BCUT2D eigenvalue weighted by Crippen LogP contribution is 2.29. The maximum Gasteiger partial charge on any atom is 0.244 e. The summed E-state index contributed by atoms with van der Waals surface area (Å²) in [6.07, 6.45) is 3.04. The van der Waals surface area contributed by atoms with Crippen molar-refractivity contribution in [3.05, 3.63) is 99.0 Å². The van der Waals surface area contributed by atoms with Gasteiger partial charge in [-0.05, 0) is 54.3 Å². The number of nitrogens with zero attached hydrogens (tertiary/aromatic N) is 2. The molecule has 3 aromatic carbocycles. The number of benzene rings is 3. The Balaban J connectivity index is 2.06. The van der Waals surface area contributed by atoms with Crippen LogP contribution in [0.3, 0.4) is 0 Å². The largest absolute Gasteiger partial charge is 0.354 e. The quantitative estimate of drug-likeness (QED) is 0.240. The number of halogens is 2. The summed E-state index contributed by atoms with van der Waals surface area (Å²) in [6, 6.07) is 21.0. The van der Waals surface area contributed by atoms with E-state index in [4.69, 9.17) is 11.6 Å². The molecule has 0 radical (unpaired) electrons. The second-order valence-electron chi connectivity index (χ2n) is 9.66. The molecule has 0 aliphatic carbocycles. The van der Waals surface area contributed by atoms with Crippen LogP contribution < -0.4 is 9.62 Å². The van der Waals surface area contributed by atoms with Gasteiger partial charge in [0.25, 0.3) is 0 Å². The first-order valence-corrected chi connectivity index (χ1v) is 16.1. The molecule has 0 heterocycles. The van der Waals surface area contributed by atoms with E-state index in [-0.39, 0.29) is 18.9 Å². The zero-order chi connectivity index (χ0) is 29.3. The number of amides is 2. The molecule has 0 spiro atoms. The van der Waals surface area contributed by atoms with Gasteiger partial charge in [-0.1, -0.05) is 89.4 Å². The molecule has 0 unspecified atom stereocenters. The van der Waals surface area contributed by atoms with Gasteiger partial charge in [0.05, 0.1) is 11.9 Å². The molecule has 214 valence electrons. The molecule has 1 atom stereocenters. The molecule has 0 aliphatic rings. The van der Waals surface area contributed by atoms with Crippen LogP contribution >= 0.6 is 27.5 Å². The van der Waals surface area contributed by atoms with Gasteiger partial charge < -0.3 is 10.2 Å². The van der Waals surface area contributed by atoms with E-state index in [0.29, 0.717) is 22.8 Å². The fraction of sp³-hybridized carbons (Fsp3) is 0.333. The molecule has 3 aromatic rings. The number of rotatable bonds is 13. The minimum atomic E-state index is -3.87. The van der Waals surface area contributed by atoms with E-state index in [9.17, 15) is 18.0 Å². The molecule has 10 heteroatoms. The predicted molar refractivity (Wildman–Crippen MR) is 165 cm³/mol. The second kappa shape index (κ2) is 14.7.